The van der Waals surface area contributed by atoms with E-state index in [1.54, 1.807) is 0 Å². The van der Waals surface area contributed by atoms with Gasteiger partial charge in [0.25, 0.3) is 0 Å². The van der Waals surface area contributed by atoms with Crippen molar-refractivity contribution in [1.82, 2.24) is 14.5 Å². The van der Waals surface area contributed by atoms with Gasteiger partial charge < -0.3 is 8.98 Å². The first kappa shape index (κ1) is 24.6. The Bertz CT molecular complexity index is 2750. The number of fused-ring (bicyclic) bond motifs is 10. The van der Waals surface area contributed by atoms with Crippen molar-refractivity contribution in [2.75, 3.05) is 0 Å². The zero-order valence-corrected chi connectivity index (χ0v) is 24.8. The minimum absolute atomic E-state index is 0.596. The van der Waals surface area contributed by atoms with Crippen LogP contribution in [0.3, 0.4) is 0 Å². The van der Waals surface area contributed by atoms with Crippen LogP contribution in [0.15, 0.2) is 144 Å². The summed E-state index contributed by atoms with van der Waals surface area (Å²) < 4.78 is 11.3. The first-order valence-corrected chi connectivity index (χ1v) is 15.8. The molecule has 0 amide bonds. The van der Waals surface area contributed by atoms with Crippen LogP contribution in [0, 0.1) is 0 Å². The quantitative estimate of drug-likeness (QED) is 0.205. The normalized spacial score (nSPS) is 12.0. The molecule has 0 aliphatic heterocycles. The van der Waals surface area contributed by atoms with Gasteiger partial charge in [-0.15, -0.1) is 11.3 Å². The summed E-state index contributed by atoms with van der Waals surface area (Å²) in [5, 5.41) is 7.16. The lowest BCUT2D eigenvalue weighted by molar-refractivity contribution is 0.653. The van der Waals surface area contributed by atoms with E-state index < -0.39 is 0 Å². The van der Waals surface area contributed by atoms with Gasteiger partial charge in [-0.1, -0.05) is 91.0 Å². The summed E-state index contributed by atoms with van der Waals surface area (Å²) >= 11 is 1.88. The van der Waals surface area contributed by atoms with E-state index in [-0.39, 0.29) is 0 Å². The summed E-state index contributed by atoms with van der Waals surface area (Å²) in [4.78, 5) is 10.1. The SMILES string of the molecule is c1ccc(-c2nc(-c3ccc(-n4c5ccccc5c5c6sc7ccccc7c6ccc54)cc3)nc3oc4ccccc4c23)cc1. The molecule has 45 heavy (non-hydrogen) atoms. The smallest absolute Gasteiger partial charge is 0.231 e. The Morgan fingerprint density at radius 3 is 2.11 bits per heavy atom. The minimum atomic E-state index is 0.596. The molecule has 0 saturated heterocycles. The molecule has 0 aliphatic rings. The molecule has 0 bridgehead atoms. The second kappa shape index (κ2) is 9.36. The lowest BCUT2D eigenvalue weighted by atomic mass is 10.1. The highest BCUT2D eigenvalue weighted by molar-refractivity contribution is 7.26. The third kappa shape index (κ3) is 3.59. The molecule has 5 heteroatoms. The lowest BCUT2D eigenvalue weighted by Crippen LogP contribution is -1.96. The number of nitrogens with zero attached hydrogens (tertiary/aromatic N) is 3. The van der Waals surface area contributed by atoms with Crippen LogP contribution in [0.4, 0.5) is 0 Å². The number of benzene rings is 6. The predicted octanol–water partition coefficient (Wildman–Crippen LogP) is 11.2. The van der Waals surface area contributed by atoms with Crippen molar-refractivity contribution < 1.29 is 4.42 Å². The fourth-order valence-corrected chi connectivity index (χ4v) is 8.09. The van der Waals surface area contributed by atoms with Crippen molar-refractivity contribution >= 4 is 75.4 Å². The topological polar surface area (TPSA) is 43.9 Å². The van der Waals surface area contributed by atoms with Crippen molar-refractivity contribution in [3.63, 3.8) is 0 Å². The Hall–Kier alpha value is -5.78. The predicted molar refractivity (Wildman–Crippen MR) is 187 cm³/mol. The van der Waals surface area contributed by atoms with Crippen molar-refractivity contribution in [3.8, 4) is 28.3 Å². The van der Waals surface area contributed by atoms with E-state index in [1.165, 1.54) is 42.0 Å². The number of thiophene rings is 1. The van der Waals surface area contributed by atoms with Gasteiger partial charge in [-0.25, -0.2) is 4.98 Å². The van der Waals surface area contributed by atoms with Crippen LogP contribution in [-0.2, 0) is 0 Å². The van der Waals surface area contributed by atoms with Crippen molar-refractivity contribution in [2.45, 2.75) is 0 Å². The Morgan fingerprint density at radius 1 is 0.511 bits per heavy atom. The number of hydrogen-bond donors (Lipinski definition) is 0. The first-order chi connectivity index (χ1) is 22.3. The first-order valence-electron chi connectivity index (χ1n) is 15.0. The summed E-state index contributed by atoms with van der Waals surface area (Å²) in [7, 11) is 0. The van der Waals surface area contributed by atoms with Gasteiger partial charge in [0.15, 0.2) is 5.82 Å². The molecule has 0 aliphatic carbocycles. The molecule has 210 valence electrons. The number of aromatic nitrogens is 3. The van der Waals surface area contributed by atoms with Crippen molar-refractivity contribution in [1.29, 1.82) is 0 Å². The standard InChI is InChI=1S/C40H23N3OS/c1-2-10-24(11-3-1)37-36-30-14-5-8-16-33(30)44-40(36)42-39(41-37)25-18-20-26(21-19-25)43-31-15-7-4-13-29(31)35-32(43)23-22-28-27-12-6-9-17-34(27)45-38(28)35/h1-23H. The number of hydrogen-bond acceptors (Lipinski definition) is 4. The number of furan rings is 1. The number of para-hydroxylation sites is 2. The summed E-state index contributed by atoms with van der Waals surface area (Å²) in [6.45, 7) is 0. The third-order valence-corrected chi connectivity index (χ3v) is 10.1. The van der Waals surface area contributed by atoms with Gasteiger partial charge in [0.1, 0.15) is 5.58 Å². The maximum atomic E-state index is 6.26. The van der Waals surface area contributed by atoms with Crippen LogP contribution in [0.1, 0.15) is 0 Å². The molecule has 10 aromatic rings. The van der Waals surface area contributed by atoms with Gasteiger partial charge in [-0.3, -0.25) is 0 Å². The molecule has 0 radical (unpaired) electrons. The molecule has 0 spiro atoms. The van der Waals surface area contributed by atoms with E-state index in [4.69, 9.17) is 14.4 Å². The Balaban J connectivity index is 1.17. The van der Waals surface area contributed by atoms with Crippen molar-refractivity contribution in [2.24, 2.45) is 0 Å². The maximum Gasteiger partial charge on any atom is 0.231 e. The average Bonchev–Trinajstić information content (AvgIpc) is 3.77. The fourth-order valence-electron chi connectivity index (χ4n) is 6.83. The maximum absolute atomic E-state index is 6.26. The van der Waals surface area contributed by atoms with E-state index in [9.17, 15) is 0 Å². The van der Waals surface area contributed by atoms with Crippen LogP contribution in [0.25, 0.3) is 92.4 Å². The summed E-state index contributed by atoms with van der Waals surface area (Å²) in [6.07, 6.45) is 0. The van der Waals surface area contributed by atoms with Gasteiger partial charge >= 0.3 is 0 Å². The number of rotatable bonds is 3. The molecule has 6 aromatic carbocycles. The fraction of sp³-hybridized carbons (Fsp3) is 0. The van der Waals surface area contributed by atoms with Crippen LogP contribution in [-0.4, -0.2) is 14.5 Å². The third-order valence-electron chi connectivity index (χ3n) is 8.85. The zero-order valence-electron chi connectivity index (χ0n) is 23.9. The molecule has 10 rings (SSSR count). The van der Waals surface area contributed by atoms with Crippen LogP contribution in [0.2, 0.25) is 0 Å². The second-order valence-corrected chi connectivity index (χ2v) is 12.4. The van der Waals surface area contributed by atoms with E-state index in [1.807, 2.05) is 47.7 Å². The molecular formula is C40H23N3OS. The largest absolute Gasteiger partial charge is 0.438 e. The van der Waals surface area contributed by atoms with Gasteiger partial charge in [0.2, 0.25) is 5.71 Å². The molecule has 0 unspecified atom stereocenters. The molecule has 0 fully saturated rings. The van der Waals surface area contributed by atoms with Gasteiger partial charge in [0, 0.05) is 53.1 Å². The molecule has 0 atom stereocenters. The van der Waals surface area contributed by atoms with Crippen LogP contribution < -0.4 is 0 Å². The van der Waals surface area contributed by atoms with Crippen LogP contribution in [0.5, 0.6) is 0 Å². The molecule has 0 saturated carbocycles. The van der Waals surface area contributed by atoms with Gasteiger partial charge in [-0.2, -0.15) is 4.98 Å². The van der Waals surface area contributed by atoms with E-state index in [0.29, 0.717) is 11.5 Å². The average molecular weight is 594 g/mol. The Kier molecular flexibility index (Phi) is 5.12. The highest BCUT2D eigenvalue weighted by Gasteiger charge is 2.20. The molecule has 4 nitrogen and oxygen atoms in total. The highest BCUT2D eigenvalue weighted by atomic mass is 32.1. The Labute approximate surface area is 261 Å². The van der Waals surface area contributed by atoms with E-state index >= 15 is 0 Å². The molecular weight excluding hydrogens is 571 g/mol. The highest BCUT2D eigenvalue weighted by Crippen LogP contribution is 2.43. The zero-order chi connectivity index (χ0) is 29.5. The Morgan fingerprint density at radius 2 is 1.24 bits per heavy atom. The van der Waals surface area contributed by atoms with E-state index in [0.717, 1.165) is 38.9 Å². The molecule has 0 N–H and O–H groups in total. The summed E-state index contributed by atoms with van der Waals surface area (Å²) in [5.41, 5.74) is 7.74. The summed E-state index contributed by atoms with van der Waals surface area (Å²) in [5.74, 6) is 0.640. The second-order valence-electron chi connectivity index (χ2n) is 11.4. The van der Waals surface area contributed by atoms with Crippen LogP contribution >= 0.6 is 11.3 Å². The minimum Gasteiger partial charge on any atom is -0.438 e. The lowest BCUT2D eigenvalue weighted by Gasteiger charge is -2.10. The van der Waals surface area contributed by atoms with Gasteiger partial charge in [0.05, 0.1) is 22.1 Å². The molecule has 4 aromatic heterocycles. The van der Waals surface area contributed by atoms with Crippen molar-refractivity contribution in [3.05, 3.63) is 140 Å². The van der Waals surface area contributed by atoms with Gasteiger partial charge in [-0.05, 0) is 48.5 Å². The van der Waals surface area contributed by atoms with E-state index in [2.05, 4.69) is 108 Å². The monoisotopic (exact) mass is 593 g/mol. The molecule has 4 heterocycles. The summed E-state index contributed by atoms with van der Waals surface area (Å²) in [6, 6.07) is 48.9.